The Kier molecular flexibility index (Phi) is 4.24. The molecule has 0 bridgehead atoms. The van der Waals surface area contributed by atoms with Gasteiger partial charge >= 0.3 is 0 Å². The number of carbonyl (C=O) groups excluding carboxylic acids is 1. The molecule has 0 radical (unpaired) electrons. The molecule has 3 aromatic rings. The van der Waals surface area contributed by atoms with E-state index in [9.17, 15) is 9.59 Å². The molecule has 1 amide bonds. The van der Waals surface area contributed by atoms with E-state index in [2.05, 4.69) is 31.1 Å². The molecule has 0 unspecified atom stereocenters. The van der Waals surface area contributed by atoms with E-state index in [0.29, 0.717) is 20.7 Å². The largest absolute Gasteiger partial charge is 0.321 e. The Balaban J connectivity index is 1.92. The van der Waals surface area contributed by atoms with Crippen molar-refractivity contribution in [3.63, 3.8) is 0 Å². The maximum Gasteiger partial charge on any atom is 0.266 e. The predicted octanol–water partition coefficient (Wildman–Crippen LogP) is 3.85. The Morgan fingerprint density at radius 1 is 1.20 bits per heavy atom. The maximum absolute atomic E-state index is 12.6. The molecule has 0 saturated carbocycles. The van der Waals surface area contributed by atoms with Gasteiger partial charge in [0, 0.05) is 12.7 Å². The molecule has 0 saturated heterocycles. The number of hydrogen-bond acceptors (Lipinski definition) is 4. The summed E-state index contributed by atoms with van der Waals surface area (Å²) >= 11 is 1.25. The molecule has 1 aromatic carbocycles. The van der Waals surface area contributed by atoms with E-state index in [1.807, 2.05) is 24.3 Å². The molecule has 130 valence electrons. The molecular weight excluding hydrogens is 334 g/mol. The first-order valence-electron chi connectivity index (χ1n) is 8.05. The summed E-state index contributed by atoms with van der Waals surface area (Å²) in [7, 11) is 1.66. The lowest BCUT2D eigenvalue weighted by molar-refractivity contribution is 0.103. The number of amides is 1. The average Bonchev–Trinajstić information content (AvgIpc) is 2.88. The quantitative estimate of drug-likeness (QED) is 0.759. The molecule has 25 heavy (non-hydrogen) atoms. The lowest BCUT2D eigenvalue weighted by Crippen LogP contribution is -2.17. The van der Waals surface area contributed by atoms with Crippen molar-refractivity contribution in [2.24, 2.45) is 7.05 Å². The summed E-state index contributed by atoms with van der Waals surface area (Å²) in [6.07, 6.45) is 1.48. The normalized spacial score (nSPS) is 11.7. The molecule has 0 spiro atoms. The van der Waals surface area contributed by atoms with Crippen molar-refractivity contribution in [1.29, 1.82) is 0 Å². The van der Waals surface area contributed by atoms with Gasteiger partial charge in [-0.2, -0.15) is 0 Å². The summed E-state index contributed by atoms with van der Waals surface area (Å²) in [5.41, 5.74) is 2.55. The van der Waals surface area contributed by atoms with Crippen molar-refractivity contribution >= 4 is 33.1 Å². The summed E-state index contributed by atoms with van der Waals surface area (Å²) in [4.78, 5) is 30.3. The van der Waals surface area contributed by atoms with Gasteiger partial charge in [-0.3, -0.25) is 9.59 Å². The van der Waals surface area contributed by atoms with E-state index in [1.54, 1.807) is 14.0 Å². The van der Waals surface area contributed by atoms with Gasteiger partial charge in [-0.1, -0.05) is 32.9 Å². The molecule has 1 N–H and O–H groups in total. The third-order valence-corrected chi connectivity index (χ3v) is 5.42. The standard InChI is InChI=1S/C19H21N3O2S/c1-11-14-17(20-10-22(5)18(14)24)25-15(11)16(23)21-13-8-6-12(7-9-13)19(2,3)4/h6-10H,1-5H3,(H,21,23). The number of fused-ring (bicyclic) bond motifs is 1. The van der Waals surface area contributed by atoms with Crippen LogP contribution < -0.4 is 10.9 Å². The first-order chi connectivity index (χ1) is 11.7. The highest BCUT2D eigenvalue weighted by Gasteiger charge is 2.19. The molecule has 0 aliphatic heterocycles. The zero-order valence-corrected chi connectivity index (χ0v) is 15.8. The molecule has 2 heterocycles. The van der Waals surface area contributed by atoms with Gasteiger partial charge in [0.15, 0.2) is 0 Å². The Morgan fingerprint density at radius 3 is 2.44 bits per heavy atom. The van der Waals surface area contributed by atoms with Gasteiger partial charge in [0.25, 0.3) is 11.5 Å². The van der Waals surface area contributed by atoms with Crippen LogP contribution in [-0.2, 0) is 12.5 Å². The van der Waals surface area contributed by atoms with Gasteiger partial charge in [0.2, 0.25) is 0 Å². The average molecular weight is 355 g/mol. The number of benzene rings is 1. The summed E-state index contributed by atoms with van der Waals surface area (Å²) in [5, 5.41) is 3.42. The monoisotopic (exact) mass is 355 g/mol. The second kappa shape index (κ2) is 6.11. The van der Waals surface area contributed by atoms with Gasteiger partial charge in [0.05, 0.1) is 16.6 Å². The van der Waals surface area contributed by atoms with E-state index in [1.165, 1.54) is 27.8 Å². The number of thiophene rings is 1. The number of hydrogen-bond donors (Lipinski definition) is 1. The van der Waals surface area contributed by atoms with Crippen molar-refractivity contribution in [1.82, 2.24) is 9.55 Å². The van der Waals surface area contributed by atoms with Crippen LogP contribution in [0.1, 0.15) is 41.6 Å². The number of nitrogens with zero attached hydrogens (tertiary/aromatic N) is 2. The molecule has 3 rings (SSSR count). The predicted molar refractivity (Wildman–Crippen MR) is 103 cm³/mol. The molecule has 6 heteroatoms. The molecule has 0 aliphatic carbocycles. The minimum Gasteiger partial charge on any atom is -0.321 e. The summed E-state index contributed by atoms with van der Waals surface area (Å²) in [6, 6.07) is 7.84. The first-order valence-corrected chi connectivity index (χ1v) is 8.87. The molecule has 5 nitrogen and oxygen atoms in total. The van der Waals surface area contributed by atoms with Crippen molar-refractivity contribution < 1.29 is 4.79 Å². The first kappa shape index (κ1) is 17.4. The minimum atomic E-state index is -0.217. The zero-order chi connectivity index (χ0) is 18.4. The van der Waals surface area contributed by atoms with Crippen LogP contribution in [0.25, 0.3) is 10.2 Å². The van der Waals surface area contributed by atoms with Crippen LogP contribution in [0, 0.1) is 6.92 Å². The van der Waals surface area contributed by atoms with Gasteiger partial charge in [-0.25, -0.2) is 4.98 Å². The highest BCUT2D eigenvalue weighted by Crippen LogP contribution is 2.28. The Morgan fingerprint density at radius 2 is 1.84 bits per heavy atom. The van der Waals surface area contributed by atoms with Crippen LogP contribution in [-0.4, -0.2) is 15.5 Å². The van der Waals surface area contributed by atoms with E-state index in [-0.39, 0.29) is 16.9 Å². The third kappa shape index (κ3) is 3.22. The Hall–Kier alpha value is -2.47. The summed E-state index contributed by atoms with van der Waals surface area (Å²) in [5.74, 6) is -0.217. The number of rotatable bonds is 2. The Bertz CT molecular complexity index is 1010. The smallest absolute Gasteiger partial charge is 0.266 e. The topological polar surface area (TPSA) is 64.0 Å². The Labute approximate surface area is 150 Å². The number of nitrogens with one attached hydrogen (secondary N) is 1. The van der Waals surface area contributed by atoms with Crippen LogP contribution in [0.2, 0.25) is 0 Å². The second-order valence-corrected chi connectivity index (χ2v) is 8.18. The number of aryl methyl sites for hydroxylation is 2. The van der Waals surface area contributed by atoms with E-state index >= 15 is 0 Å². The van der Waals surface area contributed by atoms with Crippen molar-refractivity contribution in [3.05, 3.63) is 57.0 Å². The van der Waals surface area contributed by atoms with E-state index < -0.39 is 0 Å². The van der Waals surface area contributed by atoms with E-state index in [0.717, 1.165) is 5.69 Å². The molecule has 0 fully saturated rings. The van der Waals surface area contributed by atoms with E-state index in [4.69, 9.17) is 0 Å². The van der Waals surface area contributed by atoms with Crippen LogP contribution in [0.5, 0.6) is 0 Å². The van der Waals surface area contributed by atoms with Gasteiger partial charge < -0.3 is 9.88 Å². The van der Waals surface area contributed by atoms with Crippen LogP contribution >= 0.6 is 11.3 Å². The van der Waals surface area contributed by atoms with Crippen LogP contribution in [0.4, 0.5) is 5.69 Å². The fourth-order valence-corrected chi connectivity index (χ4v) is 3.70. The van der Waals surface area contributed by atoms with Crippen molar-refractivity contribution in [3.8, 4) is 0 Å². The summed E-state index contributed by atoms with van der Waals surface area (Å²) in [6.45, 7) is 8.23. The van der Waals surface area contributed by atoms with Gasteiger partial charge in [0.1, 0.15) is 4.83 Å². The second-order valence-electron chi connectivity index (χ2n) is 7.18. The zero-order valence-electron chi connectivity index (χ0n) is 15.0. The third-order valence-electron chi connectivity index (χ3n) is 4.23. The van der Waals surface area contributed by atoms with Gasteiger partial charge in [-0.15, -0.1) is 11.3 Å². The molecule has 0 aliphatic rings. The summed E-state index contributed by atoms with van der Waals surface area (Å²) < 4.78 is 1.43. The molecule has 2 aromatic heterocycles. The minimum absolute atomic E-state index is 0.0658. The van der Waals surface area contributed by atoms with Crippen molar-refractivity contribution in [2.75, 3.05) is 5.32 Å². The fraction of sp³-hybridized carbons (Fsp3) is 0.316. The van der Waals surface area contributed by atoms with Crippen LogP contribution in [0.3, 0.4) is 0 Å². The lowest BCUT2D eigenvalue weighted by Gasteiger charge is -2.19. The van der Waals surface area contributed by atoms with Crippen LogP contribution in [0.15, 0.2) is 35.4 Å². The fourth-order valence-electron chi connectivity index (χ4n) is 2.67. The maximum atomic E-state index is 12.6. The number of carbonyl (C=O) groups is 1. The lowest BCUT2D eigenvalue weighted by atomic mass is 9.87. The van der Waals surface area contributed by atoms with Gasteiger partial charge in [-0.05, 0) is 35.6 Å². The highest BCUT2D eigenvalue weighted by atomic mass is 32.1. The molecule has 0 atom stereocenters. The van der Waals surface area contributed by atoms with Crippen molar-refractivity contribution in [2.45, 2.75) is 33.1 Å². The number of anilines is 1. The SMILES string of the molecule is Cc1c(C(=O)Nc2ccc(C(C)(C)C)cc2)sc2ncn(C)c(=O)c12. The molecular formula is C19H21N3O2S. The highest BCUT2D eigenvalue weighted by molar-refractivity contribution is 7.20. The number of aromatic nitrogens is 2.